The largest absolute Gasteiger partial charge is 0.470 e. The summed E-state index contributed by atoms with van der Waals surface area (Å²) in [5.41, 5.74) is 0.122. The van der Waals surface area contributed by atoms with Crippen molar-refractivity contribution in [1.29, 1.82) is 5.26 Å². The van der Waals surface area contributed by atoms with Crippen LogP contribution in [-0.4, -0.2) is 70.7 Å². The van der Waals surface area contributed by atoms with Gasteiger partial charge in [-0.3, -0.25) is 9.69 Å². The number of hydrogen-bond donors (Lipinski definition) is 0. The Labute approximate surface area is 132 Å². The van der Waals surface area contributed by atoms with Crippen molar-refractivity contribution >= 4 is 12.0 Å². The van der Waals surface area contributed by atoms with Crippen LogP contribution in [0.2, 0.25) is 0 Å². The summed E-state index contributed by atoms with van der Waals surface area (Å²) < 4.78 is 10.5. The smallest absolute Gasteiger partial charge is 0.410 e. The summed E-state index contributed by atoms with van der Waals surface area (Å²) in [5, 5.41) is 8.97. The monoisotopic (exact) mass is 317 g/mol. The van der Waals surface area contributed by atoms with Crippen molar-refractivity contribution in [2.75, 3.05) is 32.8 Å². The highest BCUT2D eigenvalue weighted by Gasteiger charge is 2.31. The minimum Gasteiger partial charge on any atom is -0.470 e. The molecule has 0 radical (unpaired) electrons. The number of carbonyl (C=O) groups is 2. The lowest BCUT2D eigenvalue weighted by atomic mass is 10.3. The van der Waals surface area contributed by atoms with Crippen LogP contribution in [0.15, 0.2) is 12.4 Å². The molecule has 2 aliphatic heterocycles. The van der Waals surface area contributed by atoms with Gasteiger partial charge in [0.05, 0.1) is 13.1 Å². The molecule has 1 atom stereocenters. The third kappa shape index (κ3) is 3.31. The topological polar surface area (TPSA) is 109 Å². The molecular weight excluding hydrogens is 302 g/mol. The number of carbonyl (C=O) groups excluding carboxylic acids is 2. The molecule has 9 nitrogen and oxygen atoms in total. The number of aromatic nitrogens is 2. The maximum absolute atomic E-state index is 12.2. The van der Waals surface area contributed by atoms with Gasteiger partial charge in [-0.2, -0.15) is 5.26 Å². The van der Waals surface area contributed by atoms with E-state index in [2.05, 4.69) is 9.97 Å². The number of likely N-dealkylation sites (tertiary alicyclic amines) is 1. The Balaban J connectivity index is 1.55. The van der Waals surface area contributed by atoms with E-state index in [1.807, 2.05) is 6.07 Å². The van der Waals surface area contributed by atoms with Gasteiger partial charge in [0.2, 0.25) is 11.6 Å². The lowest BCUT2D eigenvalue weighted by Gasteiger charge is -2.19. The molecule has 1 aromatic heterocycles. The Kier molecular flexibility index (Phi) is 4.23. The molecule has 1 aromatic rings. The van der Waals surface area contributed by atoms with Crippen molar-refractivity contribution in [2.45, 2.75) is 12.5 Å². The van der Waals surface area contributed by atoms with Gasteiger partial charge in [-0.15, -0.1) is 0 Å². The number of ether oxygens (including phenoxy) is 2. The van der Waals surface area contributed by atoms with E-state index < -0.39 is 6.09 Å². The molecule has 23 heavy (non-hydrogen) atoms. The van der Waals surface area contributed by atoms with Gasteiger partial charge in [0.15, 0.2) is 0 Å². The van der Waals surface area contributed by atoms with Gasteiger partial charge in [0, 0.05) is 25.4 Å². The van der Waals surface area contributed by atoms with Crippen molar-refractivity contribution in [2.24, 2.45) is 0 Å². The molecular formula is C14H15N5O4. The van der Waals surface area contributed by atoms with E-state index in [0.717, 1.165) is 0 Å². The Hall–Kier alpha value is -2.89. The second-order valence-electron chi connectivity index (χ2n) is 5.23. The molecule has 0 saturated carbocycles. The van der Waals surface area contributed by atoms with E-state index in [1.54, 1.807) is 4.90 Å². The van der Waals surface area contributed by atoms with Crippen LogP contribution >= 0.6 is 0 Å². The first kappa shape index (κ1) is 15.0. The van der Waals surface area contributed by atoms with Gasteiger partial charge in [0.25, 0.3) is 5.88 Å². The fraction of sp³-hybridized carbons (Fsp3) is 0.500. The highest BCUT2D eigenvalue weighted by Crippen LogP contribution is 2.19. The summed E-state index contributed by atoms with van der Waals surface area (Å²) in [5.74, 6) is 0.0343. The van der Waals surface area contributed by atoms with Gasteiger partial charge in [-0.05, 0) is 0 Å². The zero-order valence-corrected chi connectivity index (χ0v) is 12.3. The minimum atomic E-state index is -0.455. The van der Waals surface area contributed by atoms with Crippen LogP contribution in [0.5, 0.6) is 5.88 Å². The maximum atomic E-state index is 12.2. The van der Waals surface area contributed by atoms with E-state index >= 15 is 0 Å². The van der Waals surface area contributed by atoms with Crippen molar-refractivity contribution in [3.05, 3.63) is 18.1 Å². The number of hydrogen-bond acceptors (Lipinski definition) is 7. The summed E-state index contributed by atoms with van der Waals surface area (Å²) in [4.78, 5) is 34.5. The Morgan fingerprint density at radius 3 is 3.00 bits per heavy atom. The highest BCUT2D eigenvalue weighted by molar-refractivity contribution is 5.83. The zero-order chi connectivity index (χ0) is 16.2. The maximum Gasteiger partial charge on any atom is 0.410 e. The lowest BCUT2D eigenvalue weighted by molar-refractivity contribution is -0.130. The summed E-state index contributed by atoms with van der Waals surface area (Å²) in [6.45, 7) is 1.70. The average molecular weight is 317 g/mol. The van der Waals surface area contributed by atoms with Gasteiger partial charge in [-0.25, -0.2) is 14.8 Å². The first-order valence-electron chi connectivity index (χ1n) is 7.24. The zero-order valence-electron chi connectivity index (χ0n) is 12.3. The molecule has 0 spiro atoms. The molecule has 9 heteroatoms. The van der Waals surface area contributed by atoms with Crippen molar-refractivity contribution in [1.82, 2.24) is 19.8 Å². The number of amides is 2. The van der Waals surface area contributed by atoms with Crippen LogP contribution in [0.1, 0.15) is 12.1 Å². The Bertz CT molecular complexity index is 659. The quantitative estimate of drug-likeness (QED) is 0.755. The molecule has 2 amide bonds. The van der Waals surface area contributed by atoms with Crippen molar-refractivity contribution in [3.8, 4) is 11.9 Å². The third-order valence-corrected chi connectivity index (χ3v) is 3.72. The van der Waals surface area contributed by atoms with E-state index in [-0.39, 0.29) is 30.1 Å². The normalized spacial score (nSPS) is 20.3. The first-order valence-corrected chi connectivity index (χ1v) is 7.24. The fourth-order valence-electron chi connectivity index (χ4n) is 2.53. The van der Waals surface area contributed by atoms with Crippen molar-refractivity contribution in [3.63, 3.8) is 0 Å². The summed E-state index contributed by atoms with van der Waals surface area (Å²) in [7, 11) is 0. The Morgan fingerprint density at radius 1 is 1.43 bits per heavy atom. The number of rotatable bonds is 4. The second-order valence-corrected chi connectivity index (χ2v) is 5.23. The summed E-state index contributed by atoms with van der Waals surface area (Å²) in [6, 6.07) is 1.92. The first-order chi connectivity index (χ1) is 11.2. The Morgan fingerprint density at radius 2 is 2.26 bits per heavy atom. The van der Waals surface area contributed by atoms with E-state index in [1.165, 1.54) is 17.3 Å². The van der Waals surface area contributed by atoms with Crippen LogP contribution in [0.4, 0.5) is 4.79 Å². The van der Waals surface area contributed by atoms with Crippen LogP contribution in [0.3, 0.4) is 0 Å². The third-order valence-electron chi connectivity index (χ3n) is 3.72. The SMILES string of the molecule is N#Cc1nccnc1OC1CCN(C(=O)CN2CCOC2=O)C1. The van der Waals surface area contributed by atoms with E-state index in [0.29, 0.717) is 32.7 Å². The molecule has 120 valence electrons. The van der Waals surface area contributed by atoms with Gasteiger partial charge in [-0.1, -0.05) is 0 Å². The molecule has 3 rings (SSSR count). The standard InChI is InChI=1S/C14H15N5O4/c15-7-11-13(17-3-2-16-11)23-10-1-4-18(8-10)12(20)9-19-5-6-22-14(19)21/h2-3,10H,1,4-6,8-9H2. The average Bonchev–Trinajstić information content (AvgIpc) is 3.18. The van der Waals surface area contributed by atoms with Gasteiger partial charge in [0.1, 0.15) is 25.3 Å². The molecule has 0 bridgehead atoms. The lowest BCUT2D eigenvalue weighted by Crippen LogP contribution is -2.40. The molecule has 2 aliphatic rings. The van der Waals surface area contributed by atoms with Gasteiger partial charge < -0.3 is 14.4 Å². The molecule has 3 heterocycles. The van der Waals surface area contributed by atoms with Crippen LogP contribution in [0, 0.1) is 11.3 Å². The minimum absolute atomic E-state index is 0.0140. The van der Waals surface area contributed by atoms with Crippen LogP contribution < -0.4 is 4.74 Å². The summed E-state index contributed by atoms with van der Waals surface area (Å²) >= 11 is 0. The van der Waals surface area contributed by atoms with Gasteiger partial charge >= 0.3 is 6.09 Å². The van der Waals surface area contributed by atoms with Crippen LogP contribution in [0.25, 0.3) is 0 Å². The number of cyclic esters (lactones) is 1. The van der Waals surface area contributed by atoms with E-state index in [9.17, 15) is 9.59 Å². The van der Waals surface area contributed by atoms with Crippen LogP contribution in [-0.2, 0) is 9.53 Å². The molecule has 0 aliphatic carbocycles. The summed E-state index contributed by atoms with van der Waals surface area (Å²) in [6.07, 6.45) is 2.81. The predicted molar refractivity (Wildman–Crippen MR) is 75.3 cm³/mol. The van der Waals surface area contributed by atoms with E-state index in [4.69, 9.17) is 14.7 Å². The molecule has 0 N–H and O–H groups in total. The van der Waals surface area contributed by atoms with Crippen molar-refractivity contribution < 1.29 is 19.1 Å². The number of nitrogens with zero attached hydrogens (tertiary/aromatic N) is 5. The molecule has 2 saturated heterocycles. The predicted octanol–water partition coefficient (Wildman–Crippen LogP) is -0.220. The highest BCUT2D eigenvalue weighted by atomic mass is 16.6. The molecule has 2 fully saturated rings. The molecule has 0 aromatic carbocycles. The number of nitriles is 1. The fourth-order valence-corrected chi connectivity index (χ4v) is 2.53. The molecule has 1 unspecified atom stereocenters. The second kappa shape index (κ2) is 6.48.